The van der Waals surface area contributed by atoms with Crippen LogP contribution in [0.3, 0.4) is 0 Å². The molecule has 4 N–H and O–H groups in total. The highest BCUT2D eigenvalue weighted by molar-refractivity contribution is 5.23. The van der Waals surface area contributed by atoms with Crippen molar-refractivity contribution in [2.75, 3.05) is 13.1 Å². The standard InChI is InChI=1S/C13H20F2N2/c1-2-10(6-9(7-16)8-17)13-11(14)4-3-5-12(13)15/h3-5,9-10H,2,6-8,16-17H2,1H3. The SMILES string of the molecule is CCC(CC(CN)CN)c1c(F)cccc1F. The smallest absolute Gasteiger partial charge is 0.129 e. The molecule has 2 nitrogen and oxygen atoms in total. The molecule has 1 aromatic carbocycles. The van der Waals surface area contributed by atoms with Crippen molar-refractivity contribution in [3.63, 3.8) is 0 Å². The van der Waals surface area contributed by atoms with Crippen molar-refractivity contribution < 1.29 is 8.78 Å². The molecule has 0 fully saturated rings. The van der Waals surface area contributed by atoms with E-state index in [0.29, 0.717) is 25.9 Å². The van der Waals surface area contributed by atoms with E-state index < -0.39 is 11.6 Å². The van der Waals surface area contributed by atoms with E-state index >= 15 is 0 Å². The Kier molecular flexibility index (Phi) is 5.51. The van der Waals surface area contributed by atoms with Crippen LogP contribution in [0.5, 0.6) is 0 Å². The van der Waals surface area contributed by atoms with Gasteiger partial charge < -0.3 is 11.5 Å². The minimum atomic E-state index is -0.482. The molecular formula is C13H20F2N2. The molecule has 0 saturated carbocycles. The summed E-state index contributed by atoms with van der Waals surface area (Å²) in [6.45, 7) is 2.81. The van der Waals surface area contributed by atoms with Crippen molar-refractivity contribution in [2.45, 2.75) is 25.7 Å². The summed E-state index contributed by atoms with van der Waals surface area (Å²) in [5.74, 6) is -1.01. The summed E-state index contributed by atoms with van der Waals surface area (Å²) in [5, 5.41) is 0. The van der Waals surface area contributed by atoms with Crippen LogP contribution in [0.1, 0.15) is 31.2 Å². The molecule has 0 amide bonds. The highest BCUT2D eigenvalue weighted by Crippen LogP contribution is 2.30. The molecule has 0 saturated heterocycles. The number of hydrogen-bond donors (Lipinski definition) is 2. The Morgan fingerprint density at radius 1 is 1.12 bits per heavy atom. The van der Waals surface area contributed by atoms with Crippen LogP contribution in [0.2, 0.25) is 0 Å². The summed E-state index contributed by atoms with van der Waals surface area (Å²) < 4.78 is 27.3. The van der Waals surface area contributed by atoms with Crippen LogP contribution in [0.4, 0.5) is 8.78 Å². The Hall–Kier alpha value is -1.00. The topological polar surface area (TPSA) is 52.0 Å². The number of hydrogen-bond acceptors (Lipinski definition) is 2. The molecule has 0 heterocycles. The van der Waals surface area contributed by atoms with E-state index in [1.54, 1.807) is 0 Å². The van der Waals surface area contributed by atoms with Crippen molar-refractivity contribution in [1.82, 2.24) is 0 Å². The molecule has 1 atom stereocenters. The summed E-state index contributed by atoms with van der Waals surface area (Å²) in [6.07, 6.45) is 1.30. The number of benzene rings is 1. The maximum Gasteiger partial charge on any atom is 0.129 e. The van der Waals surface area contributed by atoms with Gasteiger partial charge in [0, 0.05) is 5.56 Å². The molecule has 0 radical (unpaired) electrons. The third-order valence-corrected chi connectivity index (χ3v) is 3.19. The van der Waals surface area contributed by atoms with E-state index in [0.717, 1.165) is 0 Å². The fourth-order valence-electron chi connectivity index (χ4n) is 2.08. The van der Waals surface area contributed by atoms with E-state index in [1.165, 1.54) is 18.2 Å². The quantitative estimate of drug-likeness (QED) is 0.804. The first-order valence-electron chi connectivity index (χ1n) is 5.98. The lowest BCUT2D eigenvalue weighted by atomic mass is 9.86. The molecule has 0 aliphatic carbocycles. The van der Waals surface area contributed by atoms with Crippen LogP contribution in [-0.2, 0) is 0 Å². The molecule has 0 aromatic heterocycles. The van der Waals surface area contributed by atoms with Gasteiger partial charge in [0.2, 0.25) is 0 Å². The molecular weight excluding hydrogens is 222 g/mol. The zero-order valence-corrected chi connectivity index (χ0v) is 10.1. The molecule has 0 aliphatic heterocycles. The zero-order chi connectivity index (χ0) is 12.8. The van der Waals surface area contributed by atoms with Crippen molar-refractivity contribution in [2.24, 2.45) is 17.4 Å². The minimum Gasteiger partial charge on any atom is -0.330 e. The van der Waals surface area contributed by atoms with Crippen LogP contribution in [-0.4, -0.2) is 13.1 Å². The first kappa shape index (κ1) is 14.1. The fraction of sp³-hybridized carbons (Fsp3) is 0.538. The van der Waals surface area contributed by atoms with Gasteiger partial charge in [0.05, 0.1) is 0 Å². The molecule has 17 heavy (non-hydrogen) atoms. The van der Waals surface area contributed by atoms with E-state index in [1.807, 2.05) is 6.92 Å². The normalized spacial score (nSPS) is 13.1. The highest BCUT2D eigenvalue weighted by atomic mass is 19.1. The maximum absolute atomic E-state index is 13.6. The van der Waals surface area contributed by atoms with Crippen molar-refractivity contribution in [3.8, 4) is 0 Å². The molecule has 1 aromatic rings. The first-order chi connectivity index (χ1) is 8.13. The number of nitrogens with two attached hydrogens (primary N) is 2. The summed E-state index contributed by atoms with van der Waals surface area (Å²) in [5.41, 5.74) is 11.3. The van der Waals surface area contributed by atoms with Crippen molar-refractivity contribution >= 4 is 0 Å². The Balaban J connectivity index is 2.93. The lowest BCUT2D eigenvalue weighted by Crippen LogP contribution is -2.25. The van der Waals surface area contributed by atoms with Crippen LogP contribution in [0, 0.1) is 17.6 Å². The van der Waals surface area contributed by atoms with Crippen molar-refractivity contribution in [1.29, 1.82) is 0 Å². The van der Waals surface area contributed by atoms with E-state index in [4.69, 9.17) is 11.5 Å². The first-order valence-corrected chi connectivity index (χ1v) is 5.98. The largest absolute Gasteiger partial charge is 0.330 e. The average molecular weight is 242 g/mol. The third kappa shape index (κ3) is 3.48. The molecule has 0 spiro atoms. The van der Waals surface area contributed by atoms with Gasteiger partial charge in [0.15, 0.2) is 0 Å². The summed E-state index contributed by atoms with van der Waals surface area (Å²) >= 11 is 0. The lowest BCUT2D eigenvalue weighted by molar-refractivity contribution is 0.417. The molecule has 0 bridgehead atoms. The van der Waals surface area contributed by atoms with Crippen LogP contribution >= 0.6 is 0 Å². The van der Waals surface area contributed by atoms with Crippen LogP contribution in [0.15, 0.2) is 18.2 Å². The highest BCUT2D eigenvalue weighted by Gasteiger charge is 2.21. The monoisotopic (exact) mass is 242 g/mol. The Labute approximate surface area is 101 Å². The maximum atomic E-state index is 13.6. The van der Waals surface area contributed by atoms with Gasteiger partial charge in [0.1, 0.15) is 11.6 Å². The summed E-state index contributed by atoms with van der Waals surface area (Å²) in [6, 6.07) is 3.96. The minimum absolute atomic E-state index is 0.110. The van der Waals surface area contributed by atoms with Gasteiger partial charge in [0.25, 0.3) is 0 Å². The third-order valence-electron chi connectivity index (χ3n) is 3.19. The van der Waals surface area contributed by atoms with E-state index in [9.17, 15) is 8.78 Å². The summed E-state index contributed by atoms with van der Waals surface area (Å²) in [7, 11) is 0. The Bertz CT molecular complexity index is 331. The fourth-order valence-corrected chi connectivity index (χ4v) is 2.08. The van der Waals surface area contributed by atoms with Crippen LogP contribution < -0.4 is 11.5 Å². The predicted octanol–water partition coefficient (Wildman–Crippen LogP) is 2.38. The Morgan fingerprint density at radius 2 is 1.65 bits per heavy atom. The molecule has 4 heteroatoms. The lowest BCUT2D eigenvalue weighted by Gasteiger charge is -2.21. The second-order valence-electron chi connectivity index (χ2n) is 4.31. The van der Waals surface area contributed by atoms with Crippen LogP contribution in [0.25, 0.3) is 0 Å². The molecule has 96 valence electrons. The average Bonchev–Trinajstić information content (AvgIpc) is 2.33. The van der Waals surface area contributed by atoms with Gasteiger partial charge in [-0.15, -0.1) is 0 Å². The van der Waals surface area contributed by atoms with Crippen molar-refractivity contribution in [3.05, 3.63) is 35.4 Å². The van der Waals surface area contributed by atoms with Gasteiger partial charge in [-0.1, -0.05) is 13.0 Å². The Morgan fingerprint density at radius 3 is 2.06 bits per heavy atom. The molecule has 0 aliphatic rings. The zero-order valence-electron chi connectivity index (χ0n) is 10.1. The predicted molar refractivity (Wildman–Crippen MR) is 65.6 cm³/mol. The van der Waals surface area contributed by atoms with Gasteiger partial charge >= 0.3 is 0 Å². The number of halogens is 2. The number of rotatable bonds is 6. The second kappa shape index (κ2) is 6.67. The summed E-state index contributed by atoms with van der Waals surface area (Å²) in [4.78, 5) is 0. The molecule has 1 unspecified atom stereocenters. The van der Waals surface area contributed by atoms with Gasteiger partial charge in [-0.2, -0.15) is 0 Å². The van der Waals surface area contributed by atoms with E-state index in [-0.39, 0.29) is 17.4 Å². The molecule has 1 rings (SSSR count). The van der Waals surface area contributed by atoms with E-state index in [2.05, 4.69) is 0 Å². The van der Waals surface area contributed by atoms with Gasteiger partial charge in [-0.25, -0.2) is 8.78 Å². The van der Waals surface area contributed by atoms with Gasteiger partial charge in [-0.05, 0) is 49.9 Å². The second-order valence-corrected chi connectivity index (χ2v) is 4.31. The van der Waals surface area contributed by atoms with Gasteiger partial charge in [-0.3, -0.25) is 0 Å².